The molecule has 3 nitrogen and oxygen atoms in total. The molecule has 0 aliphatic rings. The van der Waals surface area contributed by atoms with Gasteiger partial charge in [0.2, 0.25) is 0 Å². The largest absolute Gasteiger partial charge is 0.495 e. The van der Waals surface area contributed by atoms with E-state index in [4.69, 9.17) is 17.0 Å². The van der Waals surface area contributed by atoms with Crippen LogP contribution in [0.1, 0.15) is 31.9 Å². The third kappa shape index (κ3) is 5.11. The fourth-order valence-corrected chi connectivity index (χ4v) is 2.56. The Bertz CT molecular complexity index is 798. The number of alkyl halides is 3. The molecule has 0 atom stereocenters. The van der Waals surface area contributed by atoms with E-state index in [0.29, 0.717) is 11.4 Å². The second-order valence-corrected chi connectivity index (χ2v) is 7.23. The Morgan fingerprint density at radius 2 is 1.65 bits per heavy atom. The van der Waals surface area contributed by atoms with Crippen molar-refractivity contribution in [2.75, 3.05) is 17.7 Å². The predicted octanol–water partition coefficient (Wildman–Crippen LogP) is 5.82. The summed E-state index contributed by atoms with van der Waals surface area (Å²) in [6.45, 7) is 6.24. The van der Waals surface area contributed by atoms with Gasteiger partial charge in [0.1, 0.15) is 5.75 Å². The van der Waals surface area contributed by atoms with Gasteiger partial charge < -0.3 is 15.4 Å². The minimum absolute atomic E-state index is 0.0706. The molecule has 2 aromatic carbocycles. The lowest BCUT2D eigenvalue weighted by Gasteiger charge is -2.22. The Balaban J connectivity index is 2.20. The lowest BCUT2D eigenvalue weighted by atomic mass is 9.87. The number of anilines is 2. The summed E-state index contributed by atoms with van der Waals surface area (Å²) in [4.78, 5) is 0. The third-order valence-corrected chi connectivity index (χ3v) is 3.97. The Kier molecular flexibility index (Phi) is 5.81. The van der Waals surface area contributed by atoms with Crippen molar-refractivity contribution in [1.29, 1.82) is 0 Å². The first-order chi connectivity index (χ1) is 12.0. The second-order valence-electron chi connectivity index (χ2n) is 6.82. The number of ether oxygens (including phenoxy) is 1. The van der Waals surface area contributed by atoms with Crippen molar-refractivity contribution < 1.29 is 17.9 Å². The summed E-state index contributed by atoms with van der Waals surface area (Å²) < 4.78 is 43.8. The van der Waals surface area contributed by atoms with Crippen molar-refractivity contribution in [3.8, 4) is 5.75 Å². The fourth-order valence-electron chi connectivity index (χ4n) is 2.33. The molecule has 0 heterocycles. The van der Waals surface area contributed by atoms with Crippen LogP contribution in [0.3, 0.4) is 0 Å². The molecule has 0 bridgehead atoms. The first-order valence-corrected chi connectivity index (χ1v) is 8.35. The highest BCUT2D eigenvalue weighted by molar-refractivity contribution is 7.80. The van der Waals surface area contributed by atoms with Crippen molar-refractivity contribution >= 4 is 28.7 Å². The molecule has 0 aromatic heterocycles. The van der Waals surface area contributed by atoms with Crippen LogP contribution in [0.5, 0.6) is 5.75 Å². The Labute approximate surface area is 156 Å². The molecule has 0 spiro atoms. The summed E-state index contributed by atoms with van der Waals surface area (Å²) in [6, 6.07) is 10.6. The van der Waals surface area contributed by atoms with Gasteiger partial charge in [0.05, 0.1) is 18.4 Å². The van der Waals surface area contributed by atoms with Crippen LogP contribution < -0.4 is 15.4 Å². The van der Waals surface area contributed by atoms with Gasteiger partial charge in [-0.15, -0.1) is 0 Å². The summed E-state index contributed by atoms with van der Waals surface area (Å²) in [6.07, 6.45) is -4.41. The summed E-state index contributed by atoms with van der Waals surface area (Å²) >= 11 is 5.24. The van der Waals surface area contributed by atoms with Gasteiger partial charge in [-0.05, 0) is 53.5 Å². The maximum Gasteiger partial charge on any atom is 0.416 e. The normalized spacial score (nSPS) is 11.8. The van der Waals surface area contributed by atoms with Crippen molar-refractivity contribution in [2.24, 2.45) is 0 Å². The van der Waals surface area contributed by atoms with E-state index in [2.05, 4.69) is 31.4 Å². The maximum atomic E-state index is 12.8. The van der Waals surface area contributed by atoms with Crippen LogP contribution in [0.25, 0.3) is 0 Å². The number of hydrogen-bond donors (Lipinski definition) is 2. The standard InChI is InChI=1S/C19H21F3N2OS/c1-18(2,3)12-8-9-16(25-4)15(11-12)24-17(26)23-14-7-5-6-13(10-14)19(20,21)22/h5-11H,1-4H3,(H2,23,24,26). The molecule has 140 valence electrons. The highest BCUT2D eigenvalue weighted by atomic mass is 32.1. The lowest BCUT2D eigenvalue weighted by molar-refractivity contribution is -0.137. The number of hydrogen-bond acceptors (Lipinski definition) is 2. The quantitative estimate of drug-likeness (QED) is 0.656. The monoisotopic (exact) mass is 382 g/mol. The average Bonchev–Trinajstić information content (AvgIpc) is 2.53. The van der Waals surface area contributed by atoms with Gasteiger partial charge in [-0.25, -0.2) is 0 Å². The van der Waals surface area contributed by atoms with E-state index in [1.54, 1.807) is 7.11 Å². The molecule has 0 aliphatic heterocycles. The summed E-state index contributed by atoms with van der Waals surface area (Å²) in [5.74, 6) is 0.589. The summed E-state index contributed by atoms with van der Waals surface area (Å²) in [5, 5.41) is 5.95. The van der Waals surface area contributed by atoms with Crippen LogP contribution in [0.15, 0.2) is 42.5 Å². The molecule has 0 amide bonds. The van der Waals surface area contributed by atoms with Gasteiger partial charge in [-0.2, -0.15) is 13.2 Å². The van der Waals surface area contributed by atoms with Crippen LogP contribution in [-0.2, 0) is 11.6 Å². The van der Waals surface area contributed by atoms with Gasteiger partial charge in [-0.3, -0.25) is 0 Å². The summed E-state index contributed by atoms with van der Waals surface area (Å²) in [7, 11) is 1.54. The average molecular weight is 382 g/mol. The van der Waals surface area contributed by atoms with Gasteiger partial charge in [0.15, 0.2) is 5.11 Å². The molecule has 0 aliphatic carbocycles. The fraction of sp³-hybridized carbons (Fsp3) is 0.316. The lowest BCUT2D eigenvalue weighted by Crippen LogP contribution is -2.20. The second kappa shape index (κ2) is 7.53. The van der Waals surface area contributed by atoms with Gasteiger partial charge in [-0.1, -0.05) is 32.9 Å². The van der Waals surface area contributed by atoms with Crippen LogP contribution in [-0.4, -0.2) is 12.2 Å². The number of nitrogens with one attached hydrogen (secondary N) is 2. The molecule has 0 fully saturated rings. The minimum Gasteiger partial charge on any atom is -0.495 e. The molecular formula is C19H21F3N2OS. The number of benzene rings is 2. The molecule has 2 rings (SSSR count). The third-order valence-electron chi connectivity index (χ3n) is 3.76. The van der Waals surface area contributed by atoms with Crippen molar-refractivity contribution in [3.63, 3.8) is 0 Å². The van der Waals surface area contributed by atoms with Crippen molar-refractivity contribution in [2.45, 2.75) is 32.4 Å². The molecule has 26 heavy (non-hydrogen) atoms. The zero-order valence-corrected chi connectivity index (χ0v) is 15.8. The molecule has 2 N–H and O–H groups in total. The first kappa shape index (κ1) is 20.0. The van der Waals surface area contributed by atoms with Crippen LogP contribution in [0.2, 0.25) is 0 Å². The predicted molar refractivity (Wildman–Crippen MR) is 103 cm³/mol. The van der Waals surface area contributed by atoms with E-state index >= 15 is 0 Å². The zero-order valence-electron chi connectivity index (χ0n) is 15.0. The Morgan fingerprint density at radius 3 is 2.23 bits per heavy atom. The van der Waals surface area contributed by atoms with E-state index in [-0.39, 0.29) is 16.2 Å². The van der Waals surface area contributed by atoms with E-state index in [0.717, 1.165) is 17.7 Å². The molecule has 7 heteroatoms. The number of halogens is 3. The van der Waals surface area contributed by atoms with Crippen LogP contribution in [0, 0.1) is 0 Å². The smallest absolute Gasteiger partial charge is 0.416 e. The van der Waals surface area contributed by atoms with E-state index in [1.807, 2.05) is 18.2 Å². The topological polar surface area (TPSA) is 33.3 Å². The first-order valence-electron chi connectivity index (χ1n) is 7.94. The SMILES string of the molecule is COc1ccc(C(C)(C)C)cc1NC(=S)Nc1cccc(C(F)(F)F)c1. The van der Waals surface area contributed by atoms with Gasteiger partial charge in [0, 0.05) is 5.69 Å². The molecule has 0 unspecified atom stereocenters. The molecular weight excluding hydrogens is 361 g/mol. The van der Waals surface area contributed by atoms with Crippen LogP contribution >= 0.6 is 12.2 Å². The van der Waals surface area contributed by atoms with E-state index in [1.165, 1.54) is 12.1 Å². The molecule has 0 saturated heterocycles. The van der Waals surface area contributed by atoms with Crippen molar-refractivity contribution in [1.82, 2.24) is 0 Å². The number of rotatable bonds is 3. The zero-order chi connectivity index (χ0) is 19.5. The highest BCUT2D eigenvalue weighted by Crippen LogP contribution is 2.32. The van der Waals surface area contributed by atoms with Gasteiger partial charge >= 0.3 is 6.18 Å². The summed E-state index contributed by atoms with van der Waals surface area (Å²) in [5.41, 5.74) is 1.16. The van der Waals surface area contributed by atoms with E-state index < -0.39 is 11.7 Å². The highest BCUT2D eigenvalue weighted by Gasteiger charge is 2.30. The minimum atomic E-state index is -4.41. The number of thiocarbonyl (C=S) groups is 1. The molecule has 0 radical (unpaired) electrons. The Hall–Kier alpha value is -2.28. The number of methoxy groups -OCH3 is 1. The molecule has 2 aromatic rings. The Morgan fingerprint density at radius 1 is 0.962 bits per heavy atom. The molecule has 0 saturated carbocycles. The maximum absolute atomic E-state index is 12.8. The van der Waals surface area contributed by atoms with Crippen LogP contribution in [0.4, 0.5) is 24.5 Å². The van der Waals surface area contributed by atoms with E-state index in [9.17, 15) is 13.2 Å². The van der Waals surface area contributed by atoms with Gasteiger partial charge in [0.25, 0.3) is 0 Å². The van der Waals surface area contributed by atoms with Crippen molar-refractivity contribution in [3.05, 3.63) is 53.6 Å².